The number of hydrogen-bond donors (Lipinski definition) is 3. The molecule has 3 heteroatoms. The maximum atomic E-state index is 9.21. The zero-order chi connectivity index (χ0) is 13.4. The van der Waals surface area contributed by atoms with Crippen LogP contribution in [-0.2, 0) is 6.42 Å². The van der Waals surface area contributed by atoms with Gasteiger partial charge in [0.25, 0.3) is 0 Å². The Bertz CT molecular complexity index is 323. The Kier molecular flexibility index (Phi) is 6.33. The summed E-state index contributed by atoms with van der Waals surface area (Å²) in [6, 6.07) is 10.8. The van der Waals surface area contributed by atoms with Crippen LogP contribution >= 0.6 is 0 Å². The van der Waals surface area contributed by atoms with Crippen LogP contribution in [0.2, 0.25) is 0 Å². The molecule has 102 valence electrons. The molecule has 0 bridgehead atoms. The molecular weight excluding hydrogens is 226 g/mol. The van der Waals surface area contributed by atoms with Crippen LogP contribution in [0.15, 0.2) is 30.3 Å². The average Bonchev–Trinajstić information content (AvgIpc) is 2.43. The standard InChI is InChI=1S/C15H25NO2/c1-13(16-10-15(2,11-17)12-18)8-9-14-6-4-3-5-7-14/h3-7,13,16-18H,8-12H2,1-2H3. The molecule has 1 aromatic carbocycles. The summed E-state index contributed by atoms with van der Waals surface area (Å²) in [4.78, 5) is 0. The van der Waals surface area contributed by atoms with E-state index in [0.717, 1.165) is 12.8 Å². The lowest BCUT2D eigenvalue weighted by molar-refractivity contribution is 0.0675. The van der Waals surface area contributed by atoms with Crippen LogP contribution in [-0.4, -0.2) is 36.0 Å². The van der Waals surface area contributed by atoms with Gasteiger partial charge in [-0.1, -0.05) is 37.3 Å². The van der Waals surface area contributed by atoms with Crippen molar-refractivity contribution in [1.29, 1.82) is 0 Å². The van der Waals surface area contributed by atoms with E-state index in [9.17, 15) is 10.2 Å². The highest BCUT2D eigenvalue weighted by molar-refractivity contribution is 5.14. The Morgan fingerprint density at radius 2 is 1.78 bits per heavy atom. The van der Waals surface area contributed by atoms with Gasteiger partial charge >= 0.3 is 0 Å². The predicted octanol–water partition coefficient (Wildman–Crippen LogP) is 1.59. The number of aliphatic hydroxyl groups excluding tert-OH is 2. The molecule has 18 heavy (non-hydrogen) atoms. The number of rotatable bonds is 8. The van der Waals surface area contributed by atoms with Crippen LogP contribution in [0.5, 0.6) is 0 Å². The Labute approximate surface area is 110 Å². The lowest BCUT2D eigenvalue weighted by atomic mass is 9.92. The molecule has 0 aliphatic carbocycles. The summed E-state index contributed by atoms with van der Waals surface area (Å²) in [5.41, 5.74) is 0.916. The second kappa shape index (κ2) is 7.52. The van der Waals surface area contributed by atoms with Gasteiger partial charge in [-0.3, -0.25) is 0 Å². The van der Waals surface area contributed by atoms with E-state index in [0.29, 0.717) is 12.6 Å². The van der Waals surface area contributed by atoms with Gasteiger partial charge in [0, 0.05) is 18.0 Å². The zero-order valence-corrected chi connectivity index (χ0v) is 11.4. The molecule has 1 rings (SSSR count). The molecule has 0 heterocycles. The fraction of sp³-hybridized carbons (Fsp3) is 0.600. The van der Waals surface area contributed by atoms with Crippen molar-refractivity contribution in [3.8, 4) is 0 Å². The molecule has 0 fully saturated rings. The van der Waals surface area contributed by atoms with Gasteiger partial charge in [-0.05, 0) is 25.3 Å². The van der Waals surface area contributed by atoms with Gasteiger partial charge in [0.15, 0.2) is 0 Å². The summed E-state index contributed by atoms with van der Waals surface area (Å²) in [5.74, 6) is 0. The monoisotopic (exact) mass is 251 g/mol. The van der Waals surface area contributed by atoms with E-state index in [1.807, 2.05) is 13.0 Å². The van der Waals surface area contributed by atoms with E-state index < -0.39 is 5.41 Å². The molecule has 0 spiro atoms. The van der Waals surface area contributed by atoms with Crippen LogP contribution < -0.4 is 5.32 Å². The van der Waals surface area contributed by atoms with Crippen molar-refractivity contribution in [1.82, 2.24) is 5.32 Å². The summed E-state index contributed by atoms with van der Waals surface area (Å²) < 4.78 is 0. The third kappa shape index (κ3) is 5.17. The van der Waals surface area contributed by atoms with Gasteiger partial charge in [-0.2, -0.15) is 0 Å². The molecule has 1 unspecified atom stereocenters. The highest BCUT2D eigenvalue weighted by Crippen LogP contribution is 2.13. The molecule has 1 aromatic rings. The largest absolute Gasteiger partial charge is 0.396 e. The Morgan fingerprint density at radius 1 is 1.17 bits per heavy atom. The number of aryl methyl sites for hydroxylation is 1. The second-order valence-electron chi connectivity index (χ2n) is 5.43. The Balaban J connectivity index is 2.28. The minimum atomic E-state index is -0.430. The fourth-order valence-electron chi connectivity index (χ4n) is 1.71. The summed E-state index contributed by atoms with van der Waals surface area (Å²) in [7, 11) is 0. The third-order valence-corrected chi connectivity index (χ3v) is 3.35. The first-order valence-corrected chi connectivity index (χ1v) is 6.59. The first kappa shape index (κ1) is 15.2. The second-order valence-corrected chi connectivity index (χ2v) is 5.43. The quantitative estimate of drug-likeness (QED) is 0.657. The number of aliphatic hydroxyl groups is 2. The number of hydrogen-bond acceptors (Lipinski definition) is 3. The number of benzene rings is 1. The molecule has 0 amide bonds. The van der Waals surface area contributed by atoms with Gasteiger partial charge in [-0.15, -0.1) is 0 Å². The SMILES string of the molecule is CC(CCc1ccccc1)NCC(C)(CO)CO. The molecular formula is C15H25NO2. The summed E-state index contributed by atoms with van der Waals surface area (Å²) >= 11 is 0. The number of nitrogens with one attached hydrogen (secondary N) is 1. The van der Waals surface area contributed by atoms with Crippen molar-refractivity contribution in [2.75, 3.05) is 19.8 Å². The maximum absolute atomic E-state index is 9.21. The van der Waals surface area contributed by atoms with Crippen LogP contribution in [0.25, 0.3) is 0 Å². The van der Waals surface area contributed by atoms with E-state index in [4.69, 9.17) is 0 Å². The molecule has 0 radical (unpaired) electrons. The van der Waals surface area contributed by atoms with E-state index in [2.05, 4.69) is 36.5 Å². The highest BCUT2D eigenvalue weighted by atomic mass is 16.3. The van der Waals surface area contributed by atoms with Crippen molar-refractivity contribution in [3.05, 3.63) is 35.9 Å². The summed E-state index contributed by atoms with van der Waals surface area (Å²) in [6.45, 7) is 4.65. The van der Waals surface area contributed by atoms with E-state index >= 15 is 0 Å². The normalized spacial score (nSPS) is 13.6. The topological polar surface area (TPSA) is 52.5 Å². The molecule has 0 aliphatic heterocycles. The lowest BCUT2D eigenvalue weighted by Gasteiger charge is -2.27. The van der Waals surface area contributed by atoms with Crippen LogP contribution in [0.1, 0.15) is 25.8 Å². The van der Waals surface area contributed by atoms with E-state index in [1.54, 1.807) is 0 Å². The van der Waals surface area contributed by atoms with Gasteiger partial charge in [0.2, 0.25) is 0 Å². The van der Waals surface area contributed by atoms with Gasteiger partial charge in [0.1, 0.15) is 0 Å². The molecule has 0 saturated carbocycles. The van der Waals surface area contributed by atoms with Crippen molar-refractivity contribution in [3.63, 3.8) is 0 Å². The Morgan fingerprint density at radius 3 is 2.33 bits per heavy atom. The molecule has 1 atom stereocenters. The van der Waals surface area contributed by atoms with Crippen LogP contribution in [0.4, 0.5) is 0 Å². The van der Waals surface area contributed by atoms with Gasteiger partial charge in [-0.25, -0.2) is 0 Å². The van der Waals surface area contributed by atoms with Crippen molar-refractivity contribution in [2.45, 2.75) is 32.7 Å². The maximum Gasteiger partial charge on any atom is 0.0518 e. The molecule has 0 aliphatic rings. The van der Waals surface area contributed by atoms with Crippen molar-refractivity contribution in [2.24, 2.45) is 5.41 Å². The molecule has 0 aromatic heterocycles. The molecule has 0 saturated heterocycles. The van der Waals surface area contributed by atoms with Gasteiger partial charge < -0.3 is 15.5 Å². The molecule has 3 nitrogen and oxygen atoms in total. The third-order valence-electron chi connectivity index (χ3n) is 3.35. The predicted molar refractivity (Wildman–Crippen MR) is 74.5 cm³/mol. The Hall–Kier alpha value is -0.900. The zero-order valence-electron chi connectivity index (χ0n) is 11.4. The average molecular weight is 251 g/mol. The van der Waals surface area contributed by atoms with E-state index in [-0.39, 0.29) is 13.2 Å². The van der Waals surface area contributed by atoms with Gasteiger partial charge in [0.05, 0.1) is 13.2 Å². The van der Waals surface area contributed by atoms with Crippen molar-refractivity contribution >= 4 is 0 Å². The summed E-state index contributed by atoms with van der Waals surface area (Å²) in [6.07, 6.45) is 2.10. The molecule has 3 N–H and O–H groups in total. The van der Waals surface area contributed by atoms with Crippen LogP contribution in [0.3, 0.4) is 0 Å². The van der Waals surface area contributed by atoms with Crippen LogP contribution in [0, 0.1) is 5.41 Å². The summed E-state index contributed by atoms with van der Waals surface area (Å²) in [5, 5.41) is 21.8. The fourth-order valence-corrected chi connectivity index (χ4v) is 1.71. The minimum absolute atomic E-state index is 0.00189. The minimum Gasteiger partial charge on any atom is -0.396 e. The first-order chi connectivity index (χ1) is 8.59. The van der Waals surface area contributed by atoms with E-state index in [1.165, 1.54) is 5.56 Å². The first-order valence-electron chi connectivity index (χ1n) is 6.59. The highest BCUT2D eigenvalue weighted by Gasteiger charge is 2.22. The smallest absolute Gasteiger partial charge is 0.0518 e. The van der Waals surface area contributed by atoms with Crippen molar-refractivity contribution < 1.29 is 10.2 Å². The lowest BCUT2D eigenvalue weighted by Crippen LogP contribution is -2.41.